The second kappa shape index (κ2) is 5.51. The molecule has 0 aliphatic carbocycles. The lowest BCUT2D eigenvalue weighted by atomic mass is 9.74. The molecule has 2 aromatic rings. The van der Waals surface area contributed by atoms with E-state index in [1.165, 1.54) is 0 Å². The maximum atomic E-state index is 11.6. The van der Waals surface area contributed by atoms with Crippen LogP contribution in [-0.2, 0) is 5.60 Å². The summed E-state index contributed by atoms with van der Waals surface area (Å²) >= 11 is 0. The van der Waals surface area contributed by atoms with E-state index in [1.54, 1.807) is 0 Å². The second-order valence-corrected chi connectivity index (χ2v) is 5.90. The van der Waals surface area contributed by atoms with E-state index in [4.69, 9.17) is 4.74 Å². The Labute approximate surface area is 125 Å². The third-order valence-electron chi connectivity index (χ3n) is 4.13. The van der Waals surface area contributed by atoms with Crippen LogP contribution in [0.15, 0.2) is 54.6 Å². The molecule has 0 bridgehead atoms. The fourth-order valence-electron chi connectivity index (χ4n) is 3.15. The largest absolute Gasteiger partial charge is 0.493 e. The van der Waals surface area contributed by atoms with Crippen LogP contribution in [0.25, 0.3) is 0 Å². The van der Waals surface area contributed by atoms with Crippen LogP contribution in [0.5, 0.6) is 5.75 Å². The van der Waals surface area contributed by atoms with Gasteiger partial charge in [-0.05, 0) is 25.7 Å². The minimum absolute atomic E-state index is 0.00944. The smallest absolute Gasteiger partial charge is 0.125 e. The summed E-state index contributed by atoms with van der Waals surface area (Å²) in [4.78, 5) is 2.09. The zero-order valence-corrected chi connectivity index (χ0v) is 12.5. The van der Waals surface area contributed by atoms with Gasteiger partial charge < -0.3 is 14.7 Å². The molecule has 0 saturated heterocycles. The normalized spacial score (nSPS) is 24.5. The van der Waals surface area contributed by atoms with Crippen LogP contribution < -0.4 is 4.74 Å². The summed E-state index contributed by atoms with van der Waals surface area (Å²) in [7, 11) is 4.04. The number of para-hydroxylation sites is 1. The maximum Gasteiger partial charge on any atom is 0.125 e. The van der Waals surface area contributed by atoms with Crippen molar-refractivity contribution in [2.24, 2.45) is 5.92 Å². The minimum Gasteiger partial charge on any atom is -0.493 e. The lowest BCUT2D eigenvalue weighted by Crippen LogP contribution is -2.47. The fraction of sp³-hybridized carbons (Fsp3) is 0.333. The number of ether oxygens (including phenoxy) is 1. The lowest BCUT2D eigenvalue weighted by Gasteiger charge is -2.42. The molecular formula is C18H21NO2. The van der Waals surface area contributed by atoms with Gasteiger partial charge in [0.05, 0.1) is 6.61 Å². The second-order valence-electron chi connectivity index (χ2n) is 5.90. The highest BCUT2D eigenvalue weighted by molar-refractivity contribution is 5.47. The molecule has 0 aromatic heterocycles. The SMILES string of the molecule is CN(C)C[C@H]1COc2ccccc2[C@]1(O)c1ccccc1. The first kappa shape index (κ1) is 14.1. The molecule has 1 aliphatic heterocycles. The summed E-state index contributed by atoms with van der Waals surface area (Å²) in [6, 6.07) is 17.7. The molecule has 2 aromatic carbocycles. The summed E-state index contributed by atoms with van der Waals surface area (Å²) in [6.07, 6.45) is 0. The zero-order chi connectivity index (χ0) is 14.9. The van der Waals surface area contributed by atoms with Gasteiger partial charge in [-0.25, -0.2) is 0 Å². The van der Waals surface area contributed by atoms with Gasteiger partial charge in [0, 0.05) is 18.0 Å². The molecule has 0 unspecified atom stereocenters. The van der Waals surface area contributed by atoms with Gasteiger partial charge in [-0.1, -0.05) is 48.5 Å². The van der Waals surface area contributed by atoms with Crippen molar-refractivity contribution in [3.63, 3.8) is 0 Å². The molecule has 0 fully saturated rings. The Morgan fingerprint density at radius 3 is 2.48 bits per heavy atom. The summed E-state index contributed by atoms with van der Waals surface area (Å²) < 4.78 is 5.87. The average molecular weight is 283 g/mol. The first-order valence-corrected chi connectivity index (χ1v) is 7.27. The summed E-state index contributed by atoms with van der Waals surface area (Å²) in [5.74, 6) is 0.767. The van der Waals surface area contributed by atoms with Gasteiger partial charge in [0.25, 0.3) is 0 Å². The highest BCUT2D eigenvalue weighted by atomic mass is 16.5. The molecule has 1 N–H and O–H groups in total. The van der Waals surface area contributed by atoms with Gasteiger partial charge in [-0.2, -0.15) is 0 Å². The van der Waals surface area contributed by atoms with Gasteiger partial charge in [0.2, 0.25) is 0 Å². The topological polar surface area (TPSA) is 32.7 Å². The molecular weight excluding hydrogens is 262 g/mol. The van der Waals surface area contributed by atoms with Crippen molar-refractivity contribution in [2.75, 3.05) is 27.2 Å². The summed E-state index contributed by atoms with van der Waals surface area (Å²) in [5, 5.41) is 11.6. The highest BCUT2D eigenvalue weighted by Crippen LogP contribution is 2.44. The van der Waals surface area contributed by atoms with E-state index in [-0.39, 0.29) is 5.92 Å². The van der Waals surface area contributed by atoms with Crippen LogP contribution in [0, 0.1) is 5.92 Å². The van der Waals surface area contributed by atoms with Crippen LogP contribution in [0.1, 0.15) is 11.1 Å². The molecule has 0 amide bonds. The van der Waals surface area contributed by atoms with Crippen molar-refractivity contribution in [1.29, 1.82) is 0 Å². The van der Waals surface area contributed by atoms with Gasteiger partial charge in [0.1, 0.15) is 11.4 Å². The standard InChI is InChI=1S/C18H21NO2/c1-19(2)12-15-13-21-17-11-7-6-10-16(17)18(15,20)14-8-4-3-5-9-14/h3-11,15,20H,12-13H2,1-2H3/t15-,18-/m0/s1. The molecule has 3 nitrogen and oxygen atoms in total. The molecule has 21 heavy (non-hydrogen) atoms. The van der Waals surface area contributed by atoms with Crippen LogP contribution in [0.4, 0.5) is 0 Å². The predicted octanol–water partition coefficient (Wildman–Crippen LogP) is 2.49. The van der Waals surface area contributed by atoms with Crippen LogP contribution in [0.3, 0.4) is 0 Å². The quantitative estimate of drug-likeness (QED) is 0.939. The number of nitrogens with zero attached hydrogens (tertiary/aromatic N) is 1. The number of benzene rings is 2. The Morgan fingerprint density at radius 1 is 1.10 bits per heavy atom. The van der Waals surface area contributed by atoms with Gasteiger partial charge in [-0.3, -0.25) is 0 Å². The Hall–Kier alpha value is -1.84. The van der Waals surface area contributed by atoms with E-state index >= 15 is 0 Å². The molecule has 1 aliphatic rings. The number of rotatable bonds is 3. The Kier molecular flexibility index (Phi) is 3.70. The molecule has 110 valence electrons. The first-order valence-electron chi connectivity index (χ1n) is 7.27. The van der Waals surface area contributed by atoms with Gasteiger partial charge in [-0.15, -0.1) is 0 Å². The highest BCUT2D eigenvalue weighted by Gasteiger charge is 2.45. The van der Waals surface area contributed by atoms with Crippen molar-refractivity contribution in [1.82, 2.24) is 4.90 Å². The van der Waals surface area contributed by atoms with Crippen molar-refractivity contribution in [2.45, 2.75) is 5.60 Å². The van der Waals surface area contributed by atoms with E-state index in [0.717, 1.165) is 23.4 Å². The molecule has 1 heterocycles. The monoisotopic (exact) mass is 283 g/mol. The van der Waals surface area contributed by atoms with E-state index in [0.29, 0.717) is 6.61 Å². The van der Waals surface area contributed by atoms with E-state index in [9.17, 15) is 5.11 Å². The maximum absolute atomic E-state index is 11.6. The molecule has 2 atom stereocenters. The van der Waals surface area contributed by atoms with Crippen molar-refractivity contribution >= 4 is 0 Å². The first-order chi connectivity index (χ1) is 10.1. The Morgan fingerprint density at radius 2 is 1.76 bits per heavy atom. The van der Waals surface area contributed by atoms with E-state index < -0.39 is 5.60 Å². The van der Waals surface area contributed by atoms with Crippen LogP contribution >= 0.6 is 0 Å². The molecule has 0 spiro atoms. The Bertz CT molecular complexity index is 612. The number of hydrogen-bond acceptors (Lipinski definition) is 3. The number of hydrogen-bond donors (Lipinski definition) is 1. The number of aliphatic hydroxyl groups is 1. The van der Waals surface area contributed by atoms with E-state index in [2.05, 4.69) is 4.90 Å². The van der Waals surface area contributed by atoms with Crippen LogP contribution in [0.2, 0.25) is 0 Å². The van der Waals surface area contributed by atoms with Crippen molar-refractivity contribution < 1.29 is 9.84 Å². The molecule has 0 saturated carbocycles. The molecule has 3 rings (SSSR count). The number of fused-ring (bicyclic) bond motifs is 1. The zero-order valence-electron chi connectivity index (χ0n) is 12.5. The summed E-state index contributed by atoms with van der Waals surface area (Å²) in [5.41, 5.74) is 0.766. The average Bonchev–Trinajstić information content (AvgIpc) is 2.51. The molecule has 0 radical (unpaired) electrons. The van der Waals surface area contributed by atoms with Gasteiger partial charge >= 0.3 is 0 Å². The third kappa shape index (κ3) is 2.43. The fourth-order valence-corrected chi connectivity index (χ4v) is 3.15. The summed E-state index contributed by atoms with van der Waals surface area (Å²) in [6.45, 7) is 1.28. The predicted molar refractivity (Wildman–Crippen MR) is 83.4 cm³/mol. The van der Waals surface area contributed by atoms with E-state index in [1.807, 2.05) is 68.7 Å². The third-order valence-corrected chi connectivity index (χ3v) is 4.13. The van der Waals surface area contributed by atoms with Gasteiger partial charge in [0.15, 0.2) is 0 Å². The van der Waals surface area contributed by atoms with Crippen molar-refractivity contribution in [3.8, 4) is 5.75 Å². The van der Waals surface area contributed by atoms with Crippen molar-refractivity contribution in [3.05, 3.63) is 65.7 Å². The van der Waals surface area contributed by atoms with Crippen LogP contribution in [-0.4, -0.2) is 37.3 Å². The lowest BCUT2D eigenvalue weighted by molar-refractivity contribution is -0.0337. The Balaban J connectivity index is 2.14. The molecule has 3 heteroatoms. The minimum atomic E-state index is -1.01.